The summed E-state index contributed by atoms with van der Waals surface area (Å²) in [5.74, 6) is -0.00101. The van der Waals surface area contributed by atoms with Gasteiger partial charge in [0.25, 0.3) is 0 Å². The number of benzene rings is 1. The van der Waals surface area contributed by atoms with Gasteiger partial charge in [0, 0.05) is 10.4 Å². The lowest BCUT2D eigenvalue weighted by Gasteiger charge is -2.10. The van der Waals surface area contributed by atoms with Crippen LogP contribution in [0.5, 0.6) is 11.5 Å². The van der Waals surface area contributed by atoms with Crippen molar-refractivity contribution in [3.8, 4) is 17.6 Å². The van der Waals surface area contributed by atoms with Gasteiger partial charge in [-0.25, -0.2) is 0 Å². The molecule has 20 heavy (non-hydrogen) atoms. The van der Waals surface area contributed by atoms with Gasteiger partial charge in [0.15, 0.2) is 17.3 Å². The number of thiophene rings is 1. The Balaban J connectivity index is 2.36. The zero-order valence-electron chi connectivity index (χ0n) is 11.1. The van der Waals surface area contributed by atoms with Crippen molar-refractivity contribution in [1.82, 2.24) is 0 Å². The van der Waals surface area contributed by atoms with Crippen molar-refractivity contribution in [2.45, 2.75) is 5.92 Å². The molecule has 0 aliphatic heterocycles. The van der Waals surface area contributed by atoms with Gasteiger partial charge in [-0.15, -0.1) is 11.3 Å². The Morgan fingerprint density at radius 1 is 1.25 bits per heavy atom. The van der Waals surface area contributed by atoms with Gasteiger partial charge >= 0.3 is 0 Å². The van der Waals surface area contributed by atoms with Crippen LogP contribution < -0.4 is 9.47 Å². The van der Waals surface area contributed by atoms with Gasteiger partial charge in [0.1, 0.15) is 5.92 Å². The SMILES string of the molecule is COc1ccc(C(=O)C(C#N)c2cccs2)cc1OC. The van der Waals surface area contributed by atoms with Gasteiger partial charge in [-0.05, 0) is 29.6 Å². The van der Waals surface area contributed by atoms with Gasteiger partial charge in [0.05, 0.1) is 20.3 Å². The molecule has 0 aliphatic rings. The van der Waals surface area contributed by atoms with Gasteiger partial charge in [0.2, 0.25) is 0 Å². The van der Waals surface area contributed by atoms with E-state index in [1.807, 2.05) is 11.4 Å². The molecule has 0 saturated carbocycles. The first kappa shape index (κ1) is 14.1. The van der Waals surface area contributed by atoms with Crippen LogP contribution in [0, 0.1) is 11.3 Å². The first-order valence-electron chi connectivity index (χ1n) is 5.90. The van der Waals surface area contributed by atoms with Crippen LogP contribution in [0.2, 0.25) is 0 Å². The fourth-order valence-corrected chi connectivity index (χ4v) is 2.63. The van der Waals surface area contributed by atoms with Crippen molar-refractivity contribution in [3.05, 3.63) is 46.2 Å². The molecule has 0 bridgehead atoms. The summed E-state index contributed by atoms with van der Waals surface area (Å²) in [5.41, 5.74) is 0.433. The van der Waals surface area contributed by atoms with E-state index in [2.05, 4.69) is 6.07 Å². The third kappa shape index (κ3) is 2.65. The molecule has 1 unspecified atom stereocenters. The third-order valence-corrected chi connectivity index (χ3v) is 3.82. The molecule has 0 amide bonds. The number of Topliss-reactive ketones (excluding diaryl/α,β-unsaturated/α-hetero) is 1. The average Bonchev–Trinajstić information content (AvgIpc) is 3.01. The molecule has 1 heterocycles. The zero-order valence-corrected chi connectivity index (χ0v) is 11.9. The minimum Gasteiger partial charge on any atom is -0.493 e. The van der Waals surface area contributed by atoms with E-state index in [1.54, 1.807) is 24.3 Å². The first-order valence-corrected chi connectivity index (χ1v) is 6.78. The number of ketones is 1. The van der Waals surface area contributed by atoms with E-state index in [4.69, 9.17) is 9.47 Å². The second-order valence-corrected chi connectivity index (χ2v) is 4.99. The highest BCUT2D eigenvalue weighted by Gasteiger charge is 2.23. The normalized spacial score (nSPS) is 11.4. The van der Waals surface area contributed by atoms with Crippen LogP contribution in [0.4, 0.5) is 0 Å². The molecule has 2 aromatic rings. The molecule has 0 fully saturated rings. The van der Waals surface area contributed by atoms with Crippen LogP contribution in [0.15, 0.2) is 35.7 Å². The molecule has 0 saturated heterocycles. The standard InChI is InChI=1S/C15H13NO3S/c1-18-12-6-5-10(8-13(12)19-2)15(17)11(9-16)14-4-3-7-20-14/h3-8,11H,1-2H3. The summed E-state index contributed by atoms with van der Waals surface area (Å²) in [5, 5.41) is 11.1. The molecule has 0 spiro atoms. The Hall–Kier alpha value is -2.32. The van der Waals surface area contributed by atoms with E-state index in [0.29, 0.717) is 17.1 Å². The van der Waals surface area contributed by atoms with Gasteiger partial charge in [-0.3, -0.25) is 4.79 Å². The summed E-state index contributed by atoms with van der Waals surface area (Å²) in [7, 11) is 3.04. The van der Waals surface area contributed by atoms with E-state index in [-0.39, 0.29) is 5.78 Å². The number of carbonyl (C=O) groups is 1. The molecule has 5 heteroatoms. The first-order chi connectivity index (χ1) is 9.71. The van der Waals surface area contributed by atoms with E-state index >= 15 is 0 Å². The Kier molecular flexibility index (Phi) is 4.38. The summed E-state index contributed by atoms with van der Waals surface area (Å²) >= 11 is 1.40. The fraction of sp³-hybridized carbons (Fsp3) is 0.200. The minimum atomic E-state index is -0.784. The Morgan fingerprint density at radius 2 is 2.00 bits per heavy atom. The van der Waals surface area contributed by atoms with Gasteiger partial charge in [-0.2, -0.15) is 5.26 Å². The number of nitriles is 1. The molecule has 1 atom stereocenters. The fourth-order valence-electron chi connectivity index (χ4n) is 1.86. The van der Waals surface area contributed by atoms with Crippen molar-refractivity contribution in [2.24, 2.45) is 0 Å². The maximum absolute atomic E-state index is 12.4. The van der Waals surface area contributed by atoms with Crippen LogP contribution in [0.1, 0.15) is 21.2 Å². The monoisotopic (exact) mass is 287 g/mol. The Bertz CT molecular complexity index is 644. The zero-order chi connectivity index (χ0) is 14.5. The topological polar surface area (TPSA) is 59.3 Å². The molecular formula is C15H13NO3S. The van der Waals surface area contributed by atoms with Crippen LogP contribution in [0.25, 0.3) is 0 Å². The number of carbonyl (C=O) groups excluding carboxylic acids is 1. The van der Waals surface area contributed by atoms with E-state index < -0.39 is 5.92 Å². The summed E-state index contributed by atoms with van der Waals surface area (Å²) in [6, 6.07) is 10.6. The quantitative estimate of drug-likeness (QED) is 0.792. The lowest BCUT2D eigenvalue weighted by molar-refractivity contribution is 0.0979. The van der Waals surface area contributed by atoms with Crippen LogP contribution >= 0.6 is 11.3 Å². The lowest BCUT2D eigenvalue weighted by Crippen LogP contribution is -2.10. The Labute approximate surface area is 121 Å². The molecule has 0 N–H and O–H groups in total. The number of hydrogen-bond donors (Lipinski definition) is 0. The van der Waals surface area contributed by atoms with Crippen molar-refractivity contribution in [2.75, 3.05) is 14.2 Å². The van der Waals surface area contributed by atoms with E-state index in [0.717, 1.165) is 4.88 Å². The number of ether oxygens (including phenoxy) is 2. The minimum absolute atomic E-state index is 0.240. The largest absolute Gasteiger partial charge is 0.493 e. The van der Waals surface area contributed by atoms with Crippen LogP contribution in [-0.2, 0) is 0 Å². The highest BCUT2D eigenvalue weighted by atomic mass is 32.1. The number of hydrogen-bond acceptors (Lipinski definition) is 5. The average molecular weight is 287 g/mol. The second-order valence-electron chi connectivity index (χ2n) is 4.01. The van der Waals surface area contributed by atoms with Crippen molar-refractivity contribution >= 4 is 17.1 Å². The molecule has 2 rings (SSSR count). The maximum Gasteiger partial charge on any atom is 0.185 e. The van der Waals surface area contributed by atoms with Crippen LogP contribution in [-0.4, -0.2) is 20.0 Å². The number of nitrogens with zero attached hydrogens (tertiary/aromatic N) is 1. The second kappa shape index (κ2) is 6.22. The molecule has 0 radical (unpaired) electrons. The molecule has 1 aromatic heterocycles. The highest BCUT2D eigenvalue weighted by Crippen LogP contribution is 2.31. The predicted octanol–water partition coefficient (Wildman–Crippen LogP) is 3.26. The maximum atomic E-state index is 12.4. The highest BCUT2D eigenvalue weighted by molar-refractivity contribution is 7.10. The number of methoxy groups -OCH3 is 2. The van der Waals surface area contributed by atoms with E-state index in [1.165, 1.54) is 25.6 Å². The molecule has 0 aliphatic carbocycles. The Morgan fingerprint density at radius 3 is 2.55 bits per heavy atom. The molecule has 102 valence electrons. The van der Waals surface area contributed by atoms with Crippen molar-refractivity contribution in [1.29, 1.82) is 5.26 Å². The predicted molar refractivity (Wildman–Crippen MR) is 76.5 cm³/mol. The third-order valence-electron chi connectivity index (χ3n) is 2.89. The lowest BCUT2D eigenvalue weighted by atomic mass is 9.97. The van der Waals surface area contributed by atoms with Gasteiger partial charge in [-0.1, -0.05) is 6.07 Å². The summed E-state index contributed by atoms with van der Waals surface area (Å²) in [6.07, 6.45) is 0. The molecule has 4 nitrogen and oxygen atoms in total. The van der Waals surface area contributed by atoms with E-state index in [9.17, 15) is 10.1 Å². The van der Waals surface area contributed by atoms with Gasteiger partial charge < -0.3 is 9.47 Å². The molecular weight excluding hydrogens is 274 g/mol. The summed E-state index contributed by atoms with van der Waals surface area (Å²) in [6.45, 7) is 0. The summed E-state index contributed by atoms with van der Waals surface area (Å²) < 4.78 is 10.3. The van der Waals surface area contributed by atoms with Crippen LogP contribution in [0.3, 0.4) is 0 Å². The number of rotatable bonds is 5. The van der Waals surface area contributed by atoms with Crippen molar-refractivity contribution < 1.29 is 14.3 Å². The smallest absolute Gasteiger partial charge is 0.185 e. The molecule has 1 aromatic carbocycles. The summed E-state index contributed by atoms with van der Waals surface area (Å²) in [4.78, 5) is 13.2. The van der Waals surface area contributed by atoms with Crippen molar-refractivity contribution in [3.63, 3.8) is 0 Å².